The average molecular weight is 271 g/mol. The minimum Gasteiger partial charge on any atom is -0.380 e. The van der Waals surface area contributed by atoms with Gasteiger partial charge in [-0.05, 0) is 24.3 Å². The van der Waals surface area contributed by atoms with E-state index in [-0.39, 0.29) is 0 Å². The molecule has 3 rings (SSSR count). The van der Waals surface area contributed by atoms with E-state index in [0.717, 1.165) is 23.6 Å². The van der Waals surface area contributed by atoms with Gasteiger partial charge in [-0.25, -0.2) is 4.98 Å². The number of benzene rings is 1. The van der Waals surface area contributed by atoms with E-state index in [1.54, 1.807) is 22.3 Å². The van der Waals surface area contributed by atoms with Crippen LogP contribution in [0.1, 0.15) is 4.88 Å². The number of aryl methyl sites for hydroxylation is 1. The molecule has 0 saturated carbocycles. The third kappa shape index (κ3) is 2.79. The van der Waals surface area contributed by atoms with Crippen molar-refractivity contribution in [1.29, 1.82) is 0 Å². The molecule has 6 heteroatoms. The summed E-state index contributed by atoms with van der Waals surface area (Å²) in [7, 11) is 1.86. The van der Waals surface area contributed by atoms with E-state index in [4.69, 9.17) is 0 Å². The van der Waals surface area contributed by atoms with E-state index in [2.05, 4.69) is 20.4 Å². The Morgan fingerprint density at radius 3 is 2.74 bits per heavy atom. The highest BCUT2D eigenvalue weighted by molar-refractivity contribution is 7.09. The van der Waals surface area contributed by atoms with Crippen molar-refractivity contribution in [3.8, 4) is 11.4 Å². The fourth-order valence-corrected chi connectivity index (χ4v) is 2.26. The molecule has 96 valence electrons. The molecule has 3 aromatic rings. The molecule has 0 atom stereocenters. The first-order valence-corrected chi connectivity index (χ1v) is 6.76. The lowest BCUT2D eigenvalue weighted by Crippen LogP contribution is -1.97. The van der Waals surface area contributed by atoms with Crippen LogP contribution in [0.4, 0.5) is 5.69 Å². The predicted octanol–water partition coefficient (Wildman–Crippen LogP) is 2.55. The fraction of sp³-hybridized carbons (Fsp3) is 0.154. The van der Waals surface area contributed by atoms with Crippen LogP contribution >= 0.6 is 11.3 Å². The third-order valence-corrected chi connectivity index (χ3v) is 3.47. The largest absolute Gasteiger partial charge is 0.380 e. The van der Waals surface area contributed by atoms with Crippen LogP contribution in [0.25, 0.3) is 11.4 Å². The molecule has 0 amide bonds. The molecular weight excluding hydrogens is 258 g/mol. The molecule has 0 aliphatic heterocycles. The van der Waals surface area contributed by atoms with Crippen LogP contribution in [0.15, 0.2) is 42.3 Å². The first-order valence-electron chi connectivity index (χ1n) is 5.88. The van der Waals surface area contributed by atoms with Crippen molar-refractivity contribution < 1.29 is 0 Å². The Balaban J connectivity index is 1.69. The first-order chi connectivity index (χ1) is 9.31. The summed E-state index contributed by atoms with van der Waals surface area (Å²) in [5, 5.41) is 7.63. The van der Waals surface area contributed by atoms with Crippen LogP contribution in [0.3, 0.4) is 0 Å². The lowest BCUT2D eigenvalue weighted by atomic mass is 10.2. The van der Waals surface area contributed by atoms with E-state index in [9.17, 15) is 0 Å². The van der Waals surface area contributed by atoms with Gasteiger partial charge in [0.25, 0.3) is 0 Å². The van der Waals surface area contributed by atoms with Crippen LogP contribution in [0, 0.1) is 0 Å². The van der Waals surface area contributed by atoms with Gasteiger partial charge in [-0.15, -0.1) is 11.3 Å². The Labute approximate surface area is 115 Å². The SMILES string of the molecule is Cn1cnc(-c2ccc(NCc3cncs3)cc2)n1. The van der Waals surface area contributed by atoms with E-state index in [1.807, 2.05) is 43.0 Å². The molecule has 1 aromatic carbocycles. The lowest BCUT2D eigenvalue weighted by molar-refractivity contribution is 0.768. The average Bonchev–Trinajstić information content (AvgIpc) is 3.08. The summed E-state index contributed by atoms with van der Waals surface area (Å²) in [6, 6.07) is 8.11. The number of hydrogen-bond acceptors (Lipinski definition) is 5. The van der Waals surface area contributed by atoms with Crippen molar-refractivity contribution in [1.82, 2.24) is 19.7 Å². The maximum absolute atomic E-state index is 4.28. The Bertz CT molecular complexity index is 642. The van der Waals surface area contributed by atoms with Crippen molar-refractivity contribution >= 4 is 17.0 Å². The van der Waals surface area contributed by atoms with E-state index >= 15 is 0 Å². The van der Waals surface area contributed by atoms with E-state index < -0.39 is 0 Å². The number of anilines is 1. The predicted molar refractivity (Wildman–Crippen MR) is 75.9 cm³/mol. The summed E-state index contributed by atoms with van der Waals surface area (Å²) in [4.78, 5) is 9.50. The molecule has 0 aliphatic rings. The zero-order valence-electron chi connectivity index (χ0n) is 10.4. The van der Waals surface area contributed by atoms with Crippen LogP contribution in [-0.4, -0.2) is 19.7 Å². The van der Waals surface area contributed by atoms with Gasteiger partial charge >= 0.3 is 0 Å². The van der Waals surface area contributed by atoms with Crippen molar-refractivity contribution in [2.24, 2.45) is 7.05 Å². The zero-order chi connectivity index (χ0) is 13.1. The fourth-order valence-electron chi connectivity index (χ4n) is 1.73. The van der Waals surface area contributed by atoms with Gasteiger partial charge in [-0.1, -0.05) is 0 Å². The zero-order valence-corrected chi connectivity index (χ0v) is 11.3. The molecule has 0 saturated heterocycles. The molecule has 1 N–H and O–H groups in total. The monoisotopic (exact) mass is 271 g/mol. The van der Waals surface area contributed by atoms with Gasteiger partial charge < -0.3 is 5.32 Å². The van der Waals surface area contributed by atoms with Gasteiger partial charge in [-0.2, -0.15) is 5.10 Å². The van der Waals surface area contributed by atoms with Gasteiger partial charge in [0.15, 0.2) is 5.82 Å². The lowest BCUT2D eigenvalue weighted by Gasteiger charge is -2.04. The second kappa shape index (κ2) is 5.19. The Kier molecular flexibility index (Phi) is 3.24. The summed E-state index contributed by atoms with van der Waals surface area (Å²) in [6.07, 6.45) is 3.58. The second-order valence-electron chi connectivity index (χ2n) is 4.14. The van der Waals surface area contributed by atoms with Gasteiger partial charge in [0.05, 0.1) is 12.1 Å². The standard InChI is InChI=1S/C13H13N5S/c1-18-8-16-13(17-18)10-2-4-11(5-3-10)15-7-12-6-14-9-19-12/h2-6,8-9,15H,7H2,1H3. The summed E-state index contributed by atoms with van der Waals surface area (Å²) >= 11 is 1.65. The molecule has 0 spiro atoms. The maximum atomic E-state index is 4.28. The molecule has 2 aromatic heterocycles. The van der Waals surface area contributed by atoms with Gasteiger partial charge in [0, 0.05) is 29.4 Å². The Morgan fingerprint density at radius 2 is 2.11 bits per heavy atom. The Morgan fingerprint density at radius 1 is 1.26 bits per heavy atom. The Hall–Kier alpha value is -2.21. The van der Waals surface area contributed by atoms with E-state index in [1.165, 1.54) is 4.88 Å². The van der Waals surface area contributed by atoms with Crippen LogP contribution in [0.5, 0.6) is 0 Å². The highest BCUT2D eigenvalue weighted by Gasteiger charge is 2.02. The highest BCUT2D eigenvalue weighted by atomic mass is 32.1. The van der Waals surface area contributed by atoms with Crippen molar-refractivity contribution in [3.63, 3.8) is 0 Å². The third-order valence-electron chi connectivity index (χ3n) is 2.69. The van der Waals surface area contributed by atoms with Gasteiger partial charge in [-0.3, -0.25) is 9.67 Å². The molecule has 2 heterocycles. The van der Waals surface area contributed by atoms with Crippen LogP contribution in [0.2, 0.25) is 0 Å². The molecule has 0 unspecified atom stereocenters. The molecule has 19 heavy (non-hydrogen) atoms. The van der Waals surface area contributed by atoms with Crippen molar-refractivity contribution in [2.45, 2.75) is 6.54 Å². The van der Waals surface area contributed by atoms with E-state index in [0.29, 0.717) is 0 Å². The molecule has 0 bridgehead atoms. The van der Waals surface area contributed by atoms with Crippen molar-refractivity contribution in [3.05, 3.63) is 47.2 Å². The summed E-state index contributed by atoms with van der Waals surface area (Å²) in [6.45, 7) is 0.797. The number of hydrogen-bond donors (Lipinski definition) is 1. The number of rotatable bonds is 4. The molecule has 0 fully saturated rings. The summed E-state index contributed by atoms with van der Waals surface area (Å²) < 4.78 is 1.70. The van der Waals surface area contributed by atoms with Crippen molar-refractivity contribution in [2.75, 3.05) is 5.32 Å². The highest BCUT2D eigenvalue weighted by Crippen LogP contribution is 2.18. The number of aromatic nitrogens is 4. The first kappa shape index (κ1) is 11.9. The minimum absolute atomic E-state index is 0.747. The van der Waals surface area contributed by atoms with Crippen LogP contribution in [-0.2, 0) is 13.6 Å². The smallest absolute Gasteiger partial charge is 0.181 e. The topological polar surface area (TPSA) is 55.6 Å². The number of nitrogens with one attached hydrogen (secondary N) is 1. The van der Waals surface area contributed by atoms with Gasteiger partial charge in [0.1, 0.15) is 6.33 Å². The summed E-state index contributed by atoms with van der Waals surface area (Å²) in [5.74, 6) is 0.747. The van der Waals surface area contributed by atoms with Crippen LogP contribution < -0.4 is 5.32 Å². The number of thiazole rings is 1. The quantitative estimate of drug-likeness (QED) is 0.792. The number of nitrogens with zero attached hydrogens (tertiary/aromatic N) is 4. The maximum Gasteiger partial charge on any atom is 0.181 e. The van der Waals surface area contributed by atoms with Gasteiger partial charge in [0.2, 0.25) is 0 Å². The molecule has 5 nitrogen and oxygen atoms in total. The molecule has 0 aliphatic carbocycles. The molecular formula is C13H13N5S. The normalized spacial score (nSPS) is 10.6. The summed E-state index contributed by atoms with van der Waals surface area (Å²) in [5.41, 5.74) is 3.93. The second-order valence-corrected chi connectivity index (χ2v) is 5.11. The molecule has 0 radical (unpaired) electrons. The minimum atomic E-state index is 0.747.